The van der Waals surface area contributed by atoms with Crippen molar-refractivity contribution in [1.82, 2.24) is 20.0 Å². The van der Waals surface area contributed by atoms with E-state index in [2.05, 4.69) is 15.5 Å². The van der Waals surface area contributed by atoms with Crippen molar-refractivity contribution in [1.29, 1.82) is 0 Å². The van der Waals surface area contributed by atoms with E-state index in [0.29, 0.717) is 16.6 Å². The smallest absolute Gasteiger partial charge is 0.193 e. The molecule has 0 amide bonds. The largest absolute Gasteiger partial charge is 0.416 e. The summed E-state index contributed by atoms with van der Waals surface area (Å²) in [4.78, 5) is 0. The summed E-state index contributed by atoms with van der Waals surface area (Å²) in [6.07, 6.45) is -4.38. The number of tetrazole rings is 1. The van der Waals surface area contributed by atoms with Crippen LogP contribution in [0.2, 0.25) is 0 Å². The molecule has 0 bridgehead atoms. The van der Waals surface area contributed by atoms with E-state index in [9.17, 15) is 13.2 Å². The van der Waals surface area contributed by atoms with Gasteiger partial charge in [0.1, 0.15) is 0 Å². The van der Waals surface area contributed by atoms with Crippen LogP contribution in [0.4, 0.5) is 13.2 Å². The number of hydrogen-bond donors (Lipinski definition) is 0. The van der Waals surface area contributed by atoms with E-state index >= 15 is 0 Å². The van der Waals surface area contributed by atoms with E-state index in [1.54, 1.807) is 6.07 Å². The molecule has 18 heavy (non-hydrogen) atoms. The lowest BCUT2D eigenvalue weighted by Crippen LogP contribution is -2.05. The fourth-order valence-corrected chi connectivity index (χ4v) is 1.94. The fraction of sp³-hybridized carbons (Fsp3) is 0.182. The Morgan fingerprint density at radius 1 is 1.17 bits per heavy atom. The molecule has 3 rings (SSSR count). The van der Waals surface area contributed by atoms with Crippen LogP contribution in [0.25, 0.3) is 16.6 Å². The van der Waals surface area contributed by atoms with Gasteiger partial charge in [-0.2, -0.15) is 17.7 Å². The highest BCUT2D eigenvalue weighted by Crippen LogP contribution is 2.32. The molecule has 0 N–H and O–H groups in total. The first-order valence-corrected chi connectivity index (χ1v) is 5.15. The summed E-state index contributed by atoms with van der Waals surface area (Å²) in [5.41, 5.74) is 0.905. The van der Waals surface area contributed by atoms with E-state index in [1.165, 1.54) is 10.6 Å². The van der Waals surface area contributed by atoms with Crippen LogP contribution in [0.3, 0.4) is 0 Å². The van der Waals surface area contributed by atoms with Crippen LogP contribution in [0.5, 0.6) is 0 Å². The maximum absolute atomic E-state index is 12.7. The van der Waals surface area contributed by atoms with E-state index < -0.39 is 11.7 Å². The Hall–Kier alpha value is -2.18. The van der Waals surface area contributed by atoms with E-state index in [1.807, 2.05) is 6.92 Å². The van der Waals surface area contributed by atoms with E-state index in [-0.39, 0.29) is 0 Å². The van der Waals surface area contributed by atoms with Crippen LogP contribution >= 0.6 is 0 Å². The van der Waals surface area contributed by atoms with Gasteiger partial charge in [-0.3, -0.25) is 0 Å². The van der Waals surface area contributed by atoms with Gasteiger partial charge in [-0.05, 0) is 41.1 Å². The van der Waals surface area contributed by atoms with Gasteiger partial charge in [-0.15, -0.1) is 5.10 Å². The Labute approximate surface area is 99.0 Å². The molecule has 3 aromatic rings. The predicted molar refractivity (Wildman–Crippen MR) is 58.0 cm³/mol. The third-order valence-corrected chi connectivity index (χ3v) is 2.82. The number of aryl methyl sites for hydroxylation is 1. The average molecular weight is 252 g/mol. The molecule has 7 heteroatoms. The van der Waals surface area contributed by atoms with Crippen LogP contribution in [-0.2, 0) is 6.18 Å². The Morgan fingerprint density at radius 2 is 1.94 bits per heavy atom. The number of fused-ring (bicyclic) bond motifs is 3. The third-order valence-electron chi connectivity index (χ3n) is 2.82. The zero-order valence-corrected chi connectivity index (χ0v) is 9.23. The maximum atomic E-state index is 12.7. The molecule has 0 aliphatic carbocycles. The standard InChI is InChI=1S/C11H7F3N4/c1-6-4-10-15-16-17-18(10)9-5-7(11(12,13)14)2-3-8(6)9/h2-5H,1H3. The molecule has 0 saturated heterocycles. The summed E-state index contributed by atoms with van der Waals surface area (Å²) in [7, 11) is 0. The SMILES string of the molecule is Cc1cc2nnnn2c2cc(C(F)(F)F)ccc12. The van der Waals surface area contributed by atoms with Crippen molar-refractivity contribution in [2.75, 3.05) is 0 Å². The highest BCUT2D eigenvalue weighted by molar-refractivity contribution is 5.85. The second kappa shape index (κ2) is 3.41. The normalized spacial score (nSPS) is 12.4. The highest BCUT2D eigenvalue weighted by atomic mass is 19.4. The second-order valence-corrected chi connectivity index (χ2v) is 4.01. The highest BCUT2D eigenvalue weighted by Gasteiger charge is 2.30. The molecular weight excluding hydrogens is 245 g/mol. The first-order valence-electron chi connectivity index (χ1n) is 5.15. The molecule has 0 aliphatic rings. The monoisotopic (exact) mass is 252 g/mol. The number of nitrogens with zero attached hydrogens (tertiary/aromatic N) is 4. The molecule has 0 spiro atoms. The lowest BCUT2D eigenvalue weighted by molar-refractivity contribution is -0.137. The first kappa shape index (κ1) is 10.9. The van der Waals surface area contributed by atoms with Gasteiger partial charge in [0.25, 0.3) is 0 Å². The average Bonchev–Trinajstić information content (AvgIpc) is 2.75. The number of halogens is 3. The lowest BCUT2D eigenvalue weighted by atomic mass is 10.1. The number of hydrogen-bond acceptors (Lipinski definition) is 3. The lowest BCUT2D eigenvalue weighted by Gasteiger charge is -2.09. The van der Waals surface area contributed by atoms with Crippen molar-refractivity contribution in [2.45, 2.75) is 13.1 Å². The Morgan fingerprint density at radius 3 is 2.67 bits per heavy atom. The number of pyridine rings is 1. The summed E-state index contributed by atoms with van der Waals surface area (Å²) in [6.45, 7) is 1.81. The molecule has 0 unspecified atom stereocenters. The number of aromatic nitrogens is 4. The molecule has 1 aromatic carbocycles. The van der Waals surface area contributed by atoms with Crippen molar-refractivity contribution >= 4 is 16.6 Å². The van der Waals surface area contributed by atoms with Gasteiger partial charge in [-0.1, -0.05) is 6.07 Å². The summed E-state index contributed by atoms with van der Waals surface area (Å²) in [5.74, 6) is 0. The third kappa shape index (κ3) is 1.51. The minimum atomic E-state index is -4.38. The zero-order chi connectivity index (χ0) is 12.9. The molecule has 92 valence electrons. The summed E-state index contributed by atoms with van der Waals surface area (Å²) >= 11 is 0. The molecule has 0 saturated carbocycles. The quantitative estimate of drug-likeness (QED) is 0.617. The van der Waals surface area contributed by atoms with Crippen molar-refractivity contribution in [2.24, 2.45) is 0 Å². The van der Waals surface area contributed by atoms with Crippen LogP contribution in [0.1, 0.15) is 11.1 Å². The molecular formula is C11H7F3N4. The van der Waals surface area contributed by atoms with Crippen molar-refractivity contribution in [3.63, 3.8) is 0 Å². The summed E-state index contributed by atoms with van der Waals surface area (Å²) in [5, 5.41) is 11.6. The second-order valence-electron chi connectivity index (χ2n) is 4.01. The Bertz CT molecular complexity index is 745. The van der Waals surface area contributed by atoms with Gasteiger partial charge in [0.05, 0.1) is 11.1 Å². The molecule has 4 nitrogen and oxygen atoms in total. The maximum Gasteiger partial charge on any atom is 0.416 e. The Balaban J connectivity index is 2.44. The van der Waals surface area contributed by atoms with Crippen LogP contribution in [-0.4, -0.2) is 20.0 Å². The summed E-state index contributed by atoms with van der Waals surface area (Å²) in [6, 6.07) is 5.29. The molecule has 2 heterocycles. The zero-order valence-electron chi connectivity index (χ0n) is 9.23. The van der Waals surface area contributed by atoms with Crippen molar-refractivity contribution in [3.8, 4) is 0 Å². The van der Waals surface area contributed by atoms with Crippen molar-refractivity contribution in [3.05, 3.63) is 35.4 Å². The molecule has 0 fully saturated rings. The van der Waals surface area contributed by atoms with Gasteiger partial charge >= 0.3 is 6.18 Å². The topological polar surface area (TPSA) is 43.1 Å². The number of rotatable bonds is 0. The molecule has 0 radical (unpaired) electrons. The van der Waals surface area contributed by atoms with Gasteiger partial charge in [0.15, 0.2) is 5.65 Å². The van der Waals surface area contributed by atoms with Crippen LogP contribution in [0.15, 0.2) is 24.3 Å². The fourth-order valence-electron chi connectivity index (χ4n) is 1.94. The van der Waals surface area contributed by atoms with E-state index in [0.717, 1.165) is 17.7 Å². The molecule has 0 aliphatic heterocycles. The number of benzene rings is 1. The molecule has 2 aromatic heterocycles. The Kier molecular flexibility index (Phi) is 2.07. The van der Waals surface area contributed by atoms with Crippen molar-refractivity contribution < 1.29 is 13.2 Å². The first-order chi connectivity index (χ1) is 8.47. The van der Waals surface area contributed by atoms with Crippen LogP contribution < -0.4 is 0 Å². The van der Waals surface area contributed by atoms with Gasteiger partial charge < -0.3 is 0 Å². The minimum Gasteiger partial charge on any atom is -0.193 e. The van der Waals surface area contributed by atoms with Gasteiger partial charge in [0, 0.05) is 5.39 Å². The summed E-state index contributed by atoms with van der Waals surface area (Å²) < 4.78 is 39.3. The molecule has 0 atom stereocenters. The van der Waals surface area contributed by atoms with Gasteiger partial charge in [0.2, 0.25) is 0 Å². The minimum absolute atomic E-state index is 0.352. The number of alkyl halides is 3. The predicted octanol–water partition coefficient (Wildman–Crippen LogP) is 2.60. The van der Waals surface area contributed by atoms with Crippen LogP contribution in [0, 0.1) is 6.92 Å². The van der Waals surface area contributed by atoms with E-state index in [4.69, 9.17) is 0 Å². The van der Waals surface area contributed by atoms with Gasteiger partial charge in [-0.25, -0.2) is 0 Å².